The monoisotopic (exact) mass is 435 g/mol. The molecule has 0 aliphatic rings. The molecule has 0 saturated heterocycles. The van der Waals surface area contributed by atoms with Gasteiger partial charge in [-0.15, -0.1) is 24.0 Å². The Morgan fingerprint density at radius 1 is 1.35 bits per heavy atom. The van der Waals surface area contributed by atoms with Gasteiger partial charge in [0.25, 0.3) is 0 Å². The van der Waals surface area contributed by atoms with Crippen molar-refractivity contribution in [2.45, 2.75) is 33.1 Å². The summed E-state index contributed by atoms with van der Waals surface area (Å²) in [6, 6.07) is 5.43. The zero-order valence-corrected chi connectivity index (χ0v) is 17.0. The molecule has 0 unspecified atom stereocenters. The molecule has 0 aromatic heterocycles. The molecule has 2 N–H and O–H groups in total. The van der Waals surface area contributed by atoms with Crippen LogP contribution in [0.25, 0.3) is 0 Å². The molecule has 0 saturated carbocycles. The number of hydrogen-bond acceptors (Lipinski definition) is 3. The fourth-order valence-electron chi connectivity index (χ4n) is 2.14. The number of rotatable bonds is 8. The van der Waals surface area contributed by atoms with E-state index in [0.29, 0.717) is 12.3 Å². The van der Waals surface area contributed by atoms with Crippen molar-refractivity contribution < 1.29 is 9.84 Å². The van der Waals surface area contributed by atoms with Crippen LogP contribution in [0.15, 0.2) is 23.2 Å². The van der Waals surface area contributed by atoms with Gasteiger partial charge in [-0.25, -0.2) is 0 Å². The smallest absolute Gasteiger partial charge is 0.193 e. The van der Waals surface area contributed by atoms with Crippen LogP contribution in [0.4, 0.5) is 0 Å². The molecule has 0 aliphatic heterocycles. The predicted molar refractivity (Wildman–Crippen MR) is 107 cm³/mol. The highest BCUT2D eigenvalue weighted by molar-refractivity contribution is 14.0. The van der Waals surface area contributed by atoms with Gasteiger partial charge in [-0.05, 0) is 37.5 Å². The van der Waals surface area contributed by atoms with Crippen LogP contribution in [0.5, 0.6) is 11.5 Å². The number of hydrogen-bond donors (Lipinski definition) is 2. The van der Waals surface area contributed by atoms with Crippen molar-refractivity contribution in [1.82, 2.24) is 10.2 Å². The number of nitrogens with one attached hydrogen (secondary N) is 1. The van der Waals surface area contributed by atoms with Gasteiger partial charge in [0.2, 0.25) is 0 Å². The first-order valence-electron chi connectivity index (χ1n) is 7.97. The molecule has 1 aromatic rings. The van der Waals surface area contributed by atoms with Crippen molar-refractivity contribution >= 4 is 29.9 Å². The number of unbranched alkanes of at least 4 members (excludes halogenated alkanes) is 1. The summed E-state index contributed by atoms with van der Waals surface area (Å²) in [5.41, 5.74) is 1.10. The molecule has 5 nitrogen and oxygen atoms in total. The number of ether oxygens (including phenoxy) is 1. The van der Waals surface area contributed by atoms with Crippen LogP contribution in [0.3, 0.4) is 0 Å². The third-order valence-electron chi connectivity index (χ3n) is 3.45. The second-order valence-corrected chi connectivity index (χ2v) is 5.27. The van der Waals surface area contributed by atoms with Crippen molar-refractivity contribution in [3.63, 3.8) is 0 Å². The summed E-state index contributed by atoms with van der Waals surface area (Å²) in [6.45, 7) is 6.84. The number of aliphatic imine (C=N–C) groups is 1. The van der Waals surface area contributed by atoms with Crippen molar-refractivity contribution in [2.75, 3.05) is 33.8 Å². The average molecular weight is 435 g/mol. The van der Waals surface area contributed by atoms with E-state index in [1.165, 1.54) is 6.42 Å². The van der Waals surface area contributed by atoms with Crippen molar-refractivity contribution in [3.05, 3.63) is 23.8 Å². The molecule has 0 spiro atoms. The zero-order chi connectivity index (χ0) is 16.4. The van der Waals surface area contributed by atoms with Crippen LogP contribution in [-0.2, 0) is 6.42 Å². The predicted octanol–water partition coefficient (Wildman–Crippen LogP) is 3.26. The van der Waals surface area contributed by atoms with Gasteiger partial charge in [0.15, 0.2) is 17.5 Å². The lowest BCUT2D eigenvalue weighted by Crippen LogP contribution is -2.39. The number of phenols is 1. The summed E-state index contributed by atoms with van der Waals surface area (Å²) >= 11 is 0. The molecular weight excluding hydrogens is 405 g/mol. The van der Waals surface area contributed by atoms with Crippen LogP contribution in [0, 0.1) is 0 Å². The van der Waals surface area contributed by atoms with Gasteiger partial charge in [0, 0.05) is 26.7 Å². The largest absolute Gasteiger partial charge is 0.504 e. The lowest BCUT2D eigenvalue weighted by atomic mass is 10.1. The molecule has 0 radical (unpaired) electrons. The SMILES string of the molecule is CCCCN(C)C(=NCCc1ccc(O)c(OC)c1)NCC.I. The fourth-order valence-corrected chi connectivity index (χ4v) is 2.14. The highest BCUT2D eigenvalue weighted by atomic mass is 127. The van der Waals surface area contributed by atoms with E-state index < -0.39 is 0 Å². The number of benzene rings is 1. The van der Waals surface area contributed by atoms with E-state index in [1.807, 2.05) is 12.1 Å². The van der Waals surface area contributed by atoms with Gasteiger partial charge in [-0.2, -0.15) is 0 Å². The first-order valence-corrected chi connectivity index (χ1v) is 7.97. The Hall–Kier alpha value is -1.18. The van der Waals surface area contributed by atoms with E-state index in [-0.39, 0.29) is 29.7 Å². The Balaban J connectivity index is 0.00000484. The minimum Gasteiger partial charge on any atom is -0.504 e. The number of nitrogens with zero attached hydrogens (tertiary/aromatic N) is 2. The third kappa shape index (κ3) is 7.76. The summed E-state index contributed by atoms with van der Waals surface area (Å²) in [4.78, 5) is 6.84. The minimum atomic E-state index is 0. The van der Waals surface area contributed by atoms with Crippen LogP contribution < -0.4 is 10.1 Å². The normalized spacial score (nSPS) is 10.9. The molecule has 23 heavy (non-hydrogen) atoms. The quantitative estimate of drug-likeness (QED) is 0.374. The van der Waals surface area contributed by atoms with E-state index in [9.17, 15) is 5.11 Å². The minimum absolute atomic E-state index is 0. The van der Waals surface area contributed by atoms with Crippen LogP contribution >= 0.6 is 24.0 Å². The summed E-state index contributed by atoms with van der Waals surface area (Å²) in [5, 5.41) is 12.9. The van der Waals surface area contributed by atoms with E-state index >= 15 is 0 Å². The number of methoxy groups -OCH3 is 1. The zero-order valence-electron chi connectivity index (χ0n) is 14.6. The second kappa shape index (κ2) is 12.3. The molecule has 1 rings (SSSR count). The Bertz CT molecular complexity index is 481. The van der Waals surface area contributed by atoms with Crippen molar-refractivity contribution in [1.29, 1.82) is 0 Å². The summed E-state index contributed by atoms with van der Waals surface area (Å²) in [5.74, 6) is 1.62. The maximum absolute atomic E-state index is 9.60. The second-order valence-electron chi connectivity index (χ2n) is 5.27. The molecule has 1 aromatic carbocycles. The molecule has 6 heteroatoms. The highest BCUT2D eigenvalue weighted by Crippen LogP contribution is 2.26. The van der Waals surface area contributed by atoms with Gasteiger partial charge in [-0.3, -0.25) is 4.99 Å². The van der Waals surface area contributed by atoms with E-state index in [2.05, 4.69) is 36.1 Å². The van der Waals surface area contributed by atoms with Crippen molar-refractivity contribution in [2.24, 2.45) is 4.99 Å². The first-order chi connectivity index (χ1) is 10.6. The Morgan fingerprint density at radius 2 is 2.09 bits per heavy atom. The molecule has 0 amide bonds. The molecule has 0 aliphatic carbocycles. The van der Waals surface area contributed by atoms with E-state index in [4.69, 9.17) is 4.74 Å². The number of phenolic OH excluding ortho intramolecular Hbond substituents is 1. The summed E-state index contributed by atoms with van der Waals surface area (Å²) < 4.78 is 5.13. The highest BCUT2D eigenvalue weighted by Gasteiger charge is 2.05. The van der Waals surface area contributed by atoms with Crippen LogP contribution in [-0.4, -0.2) is 49.8 Å². The fraction of sp³-hybridized carbons (Fsp3) is 0.588. The van der Waals surface area contributed by atoms with Gasteiger partial charge in [0.1, 0.15) is 0 Å². The Kier molecular flexibility index (Phi) is 11.6. The van der Waals surface area contributed by atoms with Crippen LogP contribution in [0.2, 0.25) is 0 Å². The molecular formula is C17H30IN3O2. The number of aromatic hydroxyl groups is 1. The Morgan fingerprint density at radius 3 is 2.70 bits per heavy atom. The van der Waals surface area contributed by atoms with E-state index in [1.54, 1.807) is 13.2 Å². The van der Waals surface area contributed by atoms with E-state index in [0.717, 1.165) is 37.5 Å². The molecule has 0 atom stereocenters. The first kappa shape index (κ1) is 21.8. The lowest BCUT2D eigenvalue weighted by molar-refractivity contribution is 0.373. The molecule has 0 bridgehead atoms. The average Bonchev–Trinajstić information content (AvgIpc) is 2.53. The summed E-state index contributed by atoms with van der Waals surface area (Å²) in [7, 11) is 3.63. The lowest BCUT2D eigenvalue weighted by Gasteiger charge is -2.21. The maximum Gasteiger partial charge on any atom is 0.193 e. The maximum atomic E-state index is 9.60. The molecule has 132 valence electrons. The van der Waals surface area contributed by atoms with Crippen molar-refractivity contribution in [3.8, 4) is 11.5 Å². The van der Waals surface area contributed by atoms with Gasteiger partial charge >= 0.3 is 0 Å². The standard InChI is InChI=1S/C17H29N3O2.HI/c1-5-7-12-20(3)17(18-6-2)19-11-10-14-8-9-15(21)16(13-14)22-4;/h8-9,13,21H,5-7,10-12H2,1-4H3,(H,18,19);1H. The van der Waals surface area contributed by atoms with Gasteiger partial charge in [-0.1, -0.05) is 19.4 Å². The summed E-state index contributed by atoms with van der Waals surface area (Å²) in [6.07, 6.45) is 3.15. The van der Waals surface area contributed by atoms with Gasteiger partial charge in [0.05, 0.1) is 7.11 Å². The number of halogens is 1. The van der Waals surface area contributed by atoms with Gasteiger partial charge < -0.3 is 20.1 Å². The molecule has 0 heterocycles. The third-order valence-corrected chi connectivity index (χ3v) is 3.45. The Labute approximate surface area is 157 Å². The molecule has 0 fully saturated rings. The van der Waals surface area contributed by atoms with Crippen LogP contribution in [0.1, 0.15) is 32.3 Å². The number of guanidine groups is 1. The topological polar surface area (TPSA) is 57.1 Å².